The highest BCUT2D eigenvalue weighted by Crippen LogP contribution is 2.10. The topological polar surface area (TPSA) is 35.6 Å². The normalized spacial score (nSPS) is 20.4. The van der Waals surface area contributed by atoms with E-state index in [0.29, 0.717) is 6.54 Å². The van der Waals surface area contributed by atoms with Crippen molar-refractivity contribution >= 4 is 5.91 Å². The lowest BCUT2D eigenvalue weighted by atomic mass is 10.1. The van der Waals surface area contributed by atoms with Crippen molar-refractivity contribution in [3.63, 3.8) is 0 Å². The van der Waals surface area contributed by atoms with Gasteiger partial charge in [-0.05, 0) is 38.4 Å². The highest BCUT2D eigenvalue weighted by atomic mass is 16.2. The molecule has 4 heteroatoms. The highest BCUT2D eigenvalue weighted by Gasteiger charge is 2.19. The molecule has 0 aromatic rings. The van der Waals surface area contributed by atoms with Crippen LogP contribution < -0.4 is 5.32 Å². The van der Waals surface area contributed by atoms with Gasteiger partial charge in [-0.25, -0.2) is 0 Å². The van der Waals surface area contributed by atoms with E-state index < -0.39 is 0 Å². The van der Waals surface area contributed by atoms with Crippen LogP contribution in [0.5, 0.6) is 0 Å². The van der Waals surface area contributed by atoms with Crippen molar-refractivity contribution < 1.29 is 4.79 Å². The smallest absolute Gasteiger partial charge is 0.236 e. The fourth-order valence-corrected chi connectivity index (χ4v) is 2.12. The second-order valence-electron chi connectivity index (χ2n) is 4.88. The van der Waals surface area contributed by atoms with E-state index in [1.54, 1.807) is 4.90 Å². The Morgan fingerprint density at radius 3 is 2.69 bits per heavy atom. The number of carbonyl (C=O) groups is 1. The Morgan fingerprint density at radius 2 is 2.19 bits per heavy atom. The van der Waals surface area contributed by atoms with Gasteiger partial charge in [-0.15, -0.1) is 0 Å². The Kier molecular flexibility index (Phi) is 5.77. The summed E-state index contributed by atoms with van der Waals surface area (Å²) < 4.78 is 0. The number of nitrogens with one attached hydrogen (secondary N) is 1. The van der Waals surface area contributed by atoms with Crippen LogP contribution >= 0.6 is 0 Å². The van der Waals surface area contributed by atoms with Gasteiger partial charge in [0, 0.05) is 20.6 Å². The van der Waals surface area contributed by atoms with Gasteiger partial charge in [-0.2, -0.15) is 0 Å². The minimum absolute atomic E-state index is 0.208. The van der Waals surface area contributed by atoms with Crippen LogP contribution in [0.2, 0.25) is 0 Å². The summed E-state index contributed by atoms with van der Waals surface area (Å²) in [4.78, 5) is 15.6. The van der Waals surface area contributed by atoms with Crippen molar-refractivity contribution in [2.24, 2.45) is 5.92 Å². The molecule has 1 heterocycles. The largest absolute Gasteiger partial charge is 0.348 e. The molecule has 1 aliphatic heterocycles. The highest BCUT2D eigenvalue weighted by molar-refractivity contribution is 5.77. The summed E-state index contributed by atoms with van der Waals surface area (Å²) in [5.41, 5.74) is 0. The van der Waals surface area contributed by atoms with Crippen LogP contribution in [0.25, 0.3) is 0 Å². The Balaban J connectivity index is 2.36. The van der Waals surface area contributed by atoms with Crippen LogP contribution in [0, 0.1) is 5.92 Å². The Morgan fingerprint density at radius 1 is 1.44 bits per heavy atom. The van der Waals surface area contributed by atoms with Gasteiger partial charge in [-0.3, -0.25) is 9.69 Å². The predicted octanol–water partition coefficient (Wildman–Crippen LogP) is 0.396. The van der Waals surface area contributed by atoms with Crippen LogP contribution in [0.15, 0.2) is 0 Å². The number of carbonyl (C=O) groups excluding carboxylic acids is 1. The quantitative estimate of drug-likeness (QED) is 0.713. The van der Waals surface area contributed by atoms with Gasteiger partial charge in [0.2, 0.25) is 5.91 Å². The average molecular weight is 227 g/mol. The van der Waals surface area contributed by atoms with Crippen LogP contribution in [0.1, 0.15) is 19.8 Å². The van der Waals surface area contributed by atoms with Gasteiger partial charge < -0.3 is 10.2 Å². The predicted molar refractivity (Wildman–Crippen MR) is 66.4 cm³/mol. The van der Waals surface area contributed by atoms with Crippen molar-refractivity contribution in [1.82, 2.24) is 15.1 Å². The molecule has 0 aliphatic carbocycles. The van der Waals surface area contributed by atoms with E-state index in [4.69, 9.17) is 0 Å². The first-order valence-electron chi connectivity index (χ1n) is 6.26. The molecule has 1 N–H and O–H groups in total. The molecule has 1 rings (SSSR count). The first-order valence-corrected chi connectivity index (χ1v) is 6.26. The summed E-state index contributed by atoms with van der Waals surface area (Å²) in [6.07, 6.45) is 2.36. The molecule has 94 valence electrons. The molecule has 16 heavy (non-hydrogen) atoms. The number of nitrogens with zero attached hydrogens (tertiary/aromatic N) is 2. The number of hydrogen-bond donors (Lipinski definition) is 1. The van der Waals surface area contributed by atoms with Crippen molar-refractivity contribution in [2.45, 2.75) is 19.8 Å². The zero-order valence-electron chi connectivity index (χ0n) is 10.8. The van der Waals surface area contributed by atoms with Crippen molar-refractivity contribution in [3.05, 3.63) is 0 Å². The van der Waals surface area contributed by atoms with Gasteiger partial charge >= 0.3 is 0 Å². The number of likely N-dealkylation sites (N-methyl/N-ethyl adjacent to an activating group) is 1. The van der Waals surface area contributed by atoms with E-state index in [0.717, 1.165) is 38.5 Å². The lowest BCUT2D eigenvalue weighted by Crippen LogP contribution is -2.39. The molecule has 1 saturated heterocycles. The average Bonchev–Trinajstić information content (AvgIpc) is 2.70. The molecule has 0 saturated carbocycles. The Labute approximate surface area is 99.0 Å². The fourth-order valence-electron chi connectivity index (χ4n) is 2.12. The molecule has 1 amide bonds. The Bertz CT molecular complexity index is 212. The SMILES string of the molecule is CCCN(CC(=O)N(C)C)CC1CCNC1. The third kappa shape index (κ3) is 4.49. The van der Waals surface area contributed by atoms with E-state index >= 15 is 0 Å². The molecule has 0 bridgehead atoms. The van der Waals surface area contributed by atoms with Crippen molar-refractivity contribution in [1.29, 1.82) is 0 Å². The first kappa shape index (κ1) is 13.5. The van der Waals surface area contributed by atoms with E-state index in [-0.39, 0.29) is 5.91 Å². The molecule has 0 aromatic heterocycles. The van der Waals surface area contributed by atoms with Gasteiger partial charge in [0.1, 0.15) is 0 Å². The zero-order chi connectivity index (χ0) is 12.0. The number of amides is 1. The van der Waals surface area contributed by atoms with Gasteiger partial charge in [-0.1, -0.05) is 6.92 Å². The molecule has 0 spiro atoms. The molecular formula is C12H25N3O. The molecule has 1 aliphatic rings. The van der Waals surface area contributed by atoms with Crippen molar-refractivity contribution in [2.75, 3.05) is 46.8 Å². The summed E-state index contributed by atoms with van der Waals surface area (Å²) in [6, 6.07) is 0. The lowest BCUT2D eigenvalue weighted by molar-refractivity contribution is -0.130. The molecule has 4 nitrogen and oxygen atoms in total. The minimum Gasteiger partial charge on any atom is -0.348 e. The summed E-state index contributed by atoms with van der Waals surface area (Å²) in [5.74, 6) is 0.931. The van der Waals surface area contributed by atoms with E-state index in [1.807, 2.05) is 14.1 Å². The standard InChI is InChI=1S/C12H25N3O/c1-4-7-15(10-12(16)14(2)3)9-11-5-6-13-8-11/h11,13H,4-10H2,1-3H3. The summed E-state index contributed by atoms with van der Waals surface area (Å²) in [5, 5.41) is 3.37. The van der Waals surface area contributed by atoms with Crippen molar-refractivity contribution in [3.8, 4) is 0 Å². The number of rotatable bonds is 6. The molecule has 0 aromatic carbocycles. The van der Waals surface area contributed by atoms with E-state index in [9.17, 15) is 4.79 Å². The summed E-state index contributed by atoms with van der Waals surface area (Å²) in [7, 11) is 3.65. The molecule has 1 atom stereocenters. The first-order chi connectivity index (χ1) is 7.63. The Hall–Kier alpha value is -0.610. The van der Waals surface area contributed by atoms with Crippen LogP contribution in [-0.2, 0) is 4.79 Å². The second-order valence-corrected chi connectivity index (χ2v) is 4.88. The molecular weight excluding hydrogens is 202 g/mol. The summed E-state index contributed by atoms with van der Waals surface area (Å²) >= 11 is 0. The van der Waals surface area contributed by atoms with Gasteiger partial charge in [0.25, 0.3) is 0 Å². The zero-order valence-corrected chi connectivity index (χ0v) is 10.8. The minimum atomic E-state index is 0.208. The van der Waals surface area contributed by atoms with E-state index in [1.165, 1.54) is 6.42 Å². The maximum absolute atomic E-state index is 11.7. The van der Waals surface area contributed by atoms with E-state index in [2.05, 4.69) is 17.1 Å². The lowest BCUT2D eigenvalue weighted by Gasteiger charge is -2.25. The van der Waals surface area contributed by atoms with Crippen LogP contribution in [-0.4, -0.2) is 62.5 Å². The van der Waals surface area contributed by atoms with Gasteiger partial charge in [0.05, 0.1) is 6.54 Å². The molecule has 1 unspecified atom stereocenters. The monoisotopic (exact) mass is 227 g/mol. The van der Waals surface area contributed by atoms with Gasteiger partial charge in [0.15, 0.2) is 0 Å². The van der Waals surface area contributed by atoms with Crippen LogP contribution in [0.4, 0.5) is 0 Å². The third-order valence-corrected chi connectivity index (χ3v) is 3.08. The maximum Gasteiger partial charge on any atom is 0.236 e. The third-order valence-electron chi connectivity index (χ3n) is 3.08. The fraction of sp³-hybridized carbons (Fsp3) is 0.917. The molecule has 0 radical (unpaired) electrons. The van der Waals surface area contributed by atoms with Crippen LogP contribution in [0.3, 0.4) is 0 Å². The number of hydrogen-bond acceptors (Lipinski definition) is 3. The maximum atomic E-state index is 11.7. The molecule has 1 fully saturated rings. The summed E-state index contributed by atoms with van der Waals surface area (Å²) in [6.45, 7) is 7.05. The second kappa shape index (κ2) is 6.86.